The number of rotatable bonds is 5. The van der Waals surface area contributed by atoms with Crippen molar-refractivity contribution in [1.29, 1.82) is 5.26 Å². The van der Waals surface area contributed by atoms with Gasteiger partial charge in [-0.25, -0.2) is 4.39 Å². The minimum absolute atomic E-state index is 0.224. The van der Waals surface area contributed by atoms with Crippen LogP contribution in [0.25, 0.3) is 0 Å². The van der Waals surface area contributed by atoms with Crippen molar-refractivity contribution in [3.63, 3.8) is 0 Å². The summed E-state index contributed by atoms with van der Waals surface area (Å²) in [5.41, 5.74) is 1.89. The average molecular weight is 325 g/mol. The molecule has 0 amide bonds. The van der Waals surface area contributed by atoms with Gasteiger partial charge in [0.05, 0.1) is 6.07 Å². The summed E-state index contributed by atoms with van der Waals surface area (Å²) >= 11 is 0. The van der Waals surface area contributed by atoms with Crippen molar-refractivity contribution in [1.82, 2.24) is 10.2 Å². The largest absolute Gasteiger partial charge is 0.489 e. The van der Waals surface area contributed by atoms with E-state index < -0.39 is 0 Å². The summed E-state index contributed by atoms with van der Waals surface area (Å²) in [5, 5.41) is 12.8. The van der Waals surface area contributed by atoms with E-state index >= 15 is 0 Å². The number of piperazine rings is 1. The molecular formula is C19H20FN3O. The van der Waals surface area contributed by atoms with Gasteiger partial charge < -0.3 is 10.1 Å². The van der Waals surface area contributed by atoms with Crippen molar-refractivity contribution in [3.05, 3.63) is 65.5 Å². The van der Waals surface area contributed by atoms with Crippen LogP contribution >= 0.6 is 0 Å². The van der Waals surface area contributed by atoms with Crippen molar-refractivity contribution in [2.75, 3.05) is 26.2 Å². The topological polar surface area (TPSA) is 48.3 Å². The number of ether oxygens (including phenoxy) is 1. The summed E-state index contributed by atoms with van der Waals surface area (Å²) in [4.78, 5) is 2.19. The van der Waals surface area contributed by atoms with E-state index in [1.165, 1.54) is 12.1 Å². The maximum Gasteiger partial charge on any atom is 0.123 e. The average Bonchev–Trinajstić information content (AvgIpc) is 2.64. The first-order valence-corrected chi connectivity index (χ1v) is 8.08. The van der Waals surface area contributed by atoms with Gasteiger partial charge >= 0.3 is 0 Å². The van der Waals surface area contributed by atoms with Crippen LogP contribution in [0, 0.1) is 17.1 Å². The second-order valence-electron chi connectivity index (χ2n) is 5.80. The summed E-state index contributed by atoms with van der Waals surface area (Å²) in [6.07, 6.45) is 0. The van der Waals surface area contributed by atoms with Gasteiger partial charge in [-0.2, -0.15) is 5.26 Å². The van der Waals surface area contributed by atoms with Gasteiger partial charge in [-0.1, -0.05) is 24.3 Å². The first-order chi connectivity index (χ1) is 11.8. The number of hydrogen-bond donors (Lipinski definition) is 1. The van der Waals surface area contributed by atoms with E-state index in [0.717, 1.165) is 43.1 Å². The van der Waals surface area contributed by atoms with E-state index in [1.807, 2.05) is 24.3 Å². The smallest absolute Gasteiger partial charge is 0.123 e. The van der Waals surface area contributed by atoms with Crippen LogP contribution in [0.15, 0.2) is 48.5 Å². The lowest BCUT2D eigenvalue weighted by Gasteiger charge is -2.31. The molecule has 2 aromatic rings. The lowest BCUT2D eigenvalue weighted by molar-refractivity contribution is 0.207. The Morgan fingerprint density at radius 3 is 2.38 bits per heavy atom. The summed E-state index contributed by atoms with van der Waals surface area (Å²) in [7, 11) is 0. The molecular weight excluding hydrogens is 305 g/mol. The Hall–Kier alpha value is -2.42. The monoisotopic (exact) mass is 325 g/mol. The molecule has 1 atom stereocenters. The Kier molecular flexibility index (Phi) is 5.42. The third kappa shape index (κ3) is 4.10. The highest BCUT2D eigenvalue weighted by Gasteiger charge is 2.21. The minimum atomic E-state index is -0.251. The summed E-state index contributed by atoms with van der Waals surface area (Å²) in [5.74, 6) is 0.485. The molecule has 1 heterocycles. The second kappa shape index (κ2) is 7.91. The Morgan fingerprint density at radius 2 is 1.75 bits per heavy atom. The molecule has 1 N–H and O–H groups in total. The zero-order valence-electron chi connectivity index (χ0n) is 13.4. The molecule has 0 bridgehead atoms. The second-order valence-corrected chi connectivity index (χ2v) is 5.80. The molecule has 24 heavy (non-hydrogen) atoms. The SMILES string of the molecule is N#CC(c1ccc(OCc2ccc(F)cc2)cc1)N1CCNCC1. The first kappa shape index (κ1) is 16.4. The fraction of sp³-hybridized carbons (Fsp3) is 0.316. The molecule has 4 nitrogen and oxygen atoms in total. The first-order valence-electron chi connectivity index (χ1n) is 8.08. The maximum absolute atomic E-state index is 12.9. The predicted octanol–water partition coefficient (Wildman–Crippen LogP) is 2.87. The standard InChI is InChI=1S/C19H20FN3O/c20-17-5-1-15(2-6-17)14-24-18-7-3-16(4-8-18)19(13-21)23-11-9-22-10-12-23/h1-8,19,22H,9-12,14H2. The van der Waals surface area contributed by atoms with E-state index in [0.29, 0.717) is 6.61 Å². The zero-order valence-corrected chi connectivity index (χ0v) is 13.4. The highest BCUT2D eigenvalue weighted by atomic mass is 19.1. The van der Waals surface area contributed by atoms with Crippen LogP contribution in [0.4, 0.5) is 4.39 Å². The molecule has 0 radical (unpaired) electrons. The Balaban J connectivity index is 1.61. The molecule has 0 saturated carbocycles. The molecule has 0 spiro atoms. The molecule has 1 unspecified atom stereocenters. The highest BCUT2D eigenvalue weighted by Crippen LogP contribution is 2.23. The van der Waals surface area contributed by atoms with Gasteiger partial charge in [-0.15, -0.1) is 0 Å². The van der Waals surface area contributed by atoms with Gasteiger partial charge in [0.25, 0.3) is 0 Å². The van der Waals surface area contributed by atoms with Gasteiger partial charge in [0.2, 0.25) is 0 Å². The van der Waals surface area contributed by atoms with E-state index in [4.69, 9.17) is 4.74 Å². The number of nitrogens with zero attached hydrogens (tertiary/aromatic N) is 2. The van der Waals surface area contributed by atoms with Gasteiger partial charge in [-0.05, 0) is 35.4 Å². The summed E-state index contributed by atoms with van der Waals surface area (Å²) in [6.45, 7) is 3.97. The molecule has 5 heteroatoms. The zero-order chi connectivity index (χ0) is 16.8. The van der Waals surface area contributed by atoms with E-state index in [1.54, 1.807) is 12.1 Å². The molecule has 1 aliphatic heterocycles. The van der Waals surface area contributed by atoms with Gasteiger partial charge in [-0.3, -0.25) is 4.90 Å². The van der Waals surface area contributed by atoms with Gasteiger partial charge in [0.1, 0.15) is 24.2 Å². The van der Waals surface area contributed by atoms with Crippen molar-refractivity contribution < 1.29 is 9.13 Å². The normalized spacial score (nSPS) is 16.3. The van der Waals surface area contributed by atoms with Crippen LogP contribution in [0.2, 0.25) is 0 Å². The minimum Gasteiger partial charge on any atom is -0.489 e. The molecule has 1 saturated heterocycles. The fourth-order valence-electron chi connectivity index (χ4n) is 2.80. The third-order valence-electron chi connectivity index (χ3n) is 4.15. The number of hydrogen-bond acceptors (Lipinski definition) is 4. The Morgan fingerprint density at radius 1 is 1.08 bits per heavy atom. The van der Waals surface area contributed by atoms with Crippen LogP contribution in [-0.2, 0) is 6.61 Å². The van der Waals surface area contributed by atoms with Crippen molar-refractivity contribution in [3.8, 4) is 11.8 Å². The molecule has 1 aliphatic rings. The van der Waals surface area contributed by atoms with Gasteiger partial charge in [0.15, 0.2) is 0 Å². The number of halogens is 1. The Labute approximate surface area is 141 Å². The summed E-state index contributed by atoms with van der Waals surface area (Å²) in [6, 6.07) is 16.1. The Bertz CT molecular complexity index is 688. The van der Waals surface area contributed by atoms with Crippen LogP contribution in [0.5, 0.6) is 5.75 Å². The molecule has 0 aromatic heterocycles. The molecule has 3 rings (SSSR count). The number of benzene rings is 2. The van der Waals surface area contributed by atoms with E-state index in [9.17, 15) is 9.65 Å². The lowest BCUT2D eigenvalue weighted by Crippen LogP contribution is -2.44. The molecule has 0 aliphatic carbocycles. The van der Waals surface area contributed by atoms with Crippen molar-refractivity contribution >= 4 is 0 Å². The third-order valence-corrected chi connectivity index (χ3v) is 4.15. The van der Waals surface area contributed by atoms with Crippen LogP contribution in [-0.4, -0.2) is 31.1 Å². The van der Waals surface area contributed by atoms with Gasteiger partial charge in [0, 0.05) is 26.2 Å². The molecule has 124 valence electrons. The molecule has 2 aromatic carbocycles. The summed E-state index contributed by atoms with van der Waals surface area (Å²) < 4.78 is 18.6. The van der Waals surface area contributed by atoms with Crippen molar-refractivity contribution in [2.24, 2.45) is 0 Å². The highest BCUT2D eigenvalue weighted by molar-refractivity contribution is 5.32. The quantitative estimate of drug-likeness (QED) is 0.918. The van der Waals surface area contributed by atoms with E-state index in [2.05, 4.69) is 16.3 Å². The molecule has 1 fully saturated rings. The number of nitrogens with one attached hydrogen (secondary N) is 1. The lowest BCUT2D eigenvalue weighted by atomic mass is 10.1. The van der Waals surface area contributed by atoms with Crippen LogP contribution < -0.4 is 10.1 Å². The van der Waals surface area contributed by atoms with Crippen LogP contribution in [0.1, 0.15) is 17.2 Å². The number of nitriles is 1. The fourth-order valence-corrected chi connectivity index (χ4v) is 2.80. The van der Waals surface area contributed by atoms with E-state index in [-0.39, 0.29) is 11.9 Å². The predicted molar refractivity (Wildman–Crippen MR) is 90.0 cm³/mol. The van der Waals surface area contributed by atoms with Crippen LogP contribution in [0.3, 0.4) is 0 Å². The van der Waals surface area contributed by atoms with Crippen molar-refractivity contribution in [2.45, 2.75) is 12.6 Å². The maximum atomic E-state index is 12.9.